The molecule has 3 aromatic rings. The highest BCUT2D eigenvalue weighted by Gasteiger charge is 2.12. The van der Waals surface area contributed by atoms with Gasteiger partial charge in [-0.3, -0.25) is 4.79 Å². The first-order chi connectivity index (χ1) is 11.9. The number of rotatable bonds is 5. The molecular weight excluding hydrogens is 318 g/mol. The molecule has 2 N–H and O–H groups in total. The molecule has 0 spiro atoms. The minimum atomic E-state index is -0.867. The molecule has 0 unspecified atom stereocenters. The molecule has 25 heavy (non-hydrogen) atoms. The summed E-state index contributed by atoms with van der Waals surface area (Å²) in [5.41, 5.74) is 3.66. The van der Waals surface area contributed by atoms with E-state index in [-0.39, 0.29) is 12.5 Å². The summed E-state index contributed by atoms with van der Waals surface area (Å²) in [6, 6.07) is 14.6. The van der Waals surface area contributed by atoms with Gasteiger partial charge in [0, 0.05) is 34.8 Å². The number of carboxylic acids is 1. The van der Waals surface area contributed by atoms with Crippen LogP contribution in [0, 0.1) is 6.92 Å². The summed E-state index contributed by atoms with van der Waals surface area (Å²) in [6.07, 6.45) is 0.00519. The van der Waals surface area contributed by atoms with E-state index in [1.165, 1.54) is 6.07 Å². The lowest BCUT2D eigenvalue weighted by molar-refractivity contribution is -0.137. The summed E-state index contributed by atoms with van der Waals surface area (Å²) < 4.78 is 5.36. The third-order valence-electron chi connectivity index (χ3n) is 4.07. The van der Waals surface area contributed by atoms with E-state index in [1.807, 2.05) is 43.3 Å². The zero-order valence-electron chi connectivity index (χ0n) is 14.1. The fourth-order valence-corrected chi connectivity index (χ4v) is 2.95. The van der Waals surface area contributed by atoms with Gasteiger partial charge in [0.25, 0.3) is 0 Å². The molecule has 0 aliphatic heterocycles. The van der Waals surface area contributed by atoms with E-state index in [0.29, 0.717) is 11.3 Å². The van der Waals surface area contributed by atoms with Crippen molar-refractivity contribution in [2.45, 2.75) is 26.3 Å². The lowest BCUT2D eigenvalue weighted by Crippen LogP contribution is -2.19. The van der Waals surface area contributed by atoms with Crippen LogP contribution in [0.4, 0.5) is 5.69 Å². The van der Waals surface area contributed by atoms with E-state index in [1.54, 1.807) is 13.0 Å². The Morgan fingerprint density at radius 1 is 1.16 bits per heavy atom. The van der Waals surface area contributed by atoms with Gasteiger partial charge in [0.2, 0.25) is 0 Å². The van der Waals surface area contributed by atoms with Gasteiger partial charge in [-0.15, -0.1) is 0 Å². The number of carboxylic acid groups (broad SMARTS) is 1. The normalized spacial score (nSPS) is 12.1. The zero-order valence-corrected chi connectivity index (χ0v) is 14.1. The molecule has 2 aromatic carbocycles. The number of benzene rings is 2. The maximum Gasteiger partial charge on any atom is 0.336 e. The van der Waals surface area contributed by atoms with Crippen LogP contribution >= 0.6 is 0 Å². The summed E-state index contributed by atoms with van der Waals surface area (Å²) >= 11 is 0. The number of anilines is 1. The Morgan fingerprint density at radius 3 is 2.64 bits per heavy atom. The van der Waals surface area contributed by atoms with Gasteiger partial charge in [0.15, 0.2) is 0 Å². The van der Waals surface area contributed by atoms with E-state index in [4.69, 9.17) is 9.52 Å². The van der Waals surface area contributed by atoms with E-state index in [2.05, 4.69) is 5.32 Å². The van der Waals surface area contributed by atoms with Gasteiger partial charge in [0.05, 0.1) is 6.42 Å². The van der Waals surface area contributed by atoms with Crippen LogP contribution in [0.2, 0.25) is 0 Å². The number of carbonyl (C=O) groups is 1. The second kappa shape index (κ2) is 6.81. The molecule has 0 saturated heterocycles. The molecule has 1 heterocycles. The molecule has 1 aromatic heterocycles. The Bertz CT molecular complexity index is 990. The largest absolute Gasteiger partial charge is 0.481 e. The third-order valence-corrected chi connectivity index (χ3v) is 4.07. The van der Waals surface area contributed by atoms with E-state index < -0.39 is 11.6 Å². The van der Waals surface area contributed by atoms with Crippen molar-refractivity contribution in [1.29, 1.82) is 0 Å². The molecule has 0 saturated carbocycles. The van der Waals surface area contributed by atoms with Crippen LogP contribution in [-0.2, 0) is 4.79 Å². The van der Waals surface area contributed by atoms with Gasteiger partial charge in [-0.25, -0.2) is 4.79 Å². The monoisotopic (exact) mass is 337 g/mol. The van der Waals surface area contributed by atoms with Crippen molar-refractivity contribution in [1.82, 2.24) is 0 Å². The summed E-state index contributed by atoms with van der Waals surface area (Å²) in [5, 5.41) is 12.8. The highest BCUT2D eigenvalue weighted by molar-refractivity contribution is 5.95. The molecule has 128 valence electrons. The van der Waals surface area contributed by atoms with Crippen molar-refractivity contribution in [2.24, 2.45) is 0 Å². The number of hydrogen-bond donors (Lipinski definition) is 2. The molecule has 3 rings (SSSR count). The van der Waals surface area contributed by atoms with Crippen LogP contribution < -0.4 is 10.9 Å². The number of hydrogen-bond acceptors (Lipinski definition) is 4. The Morgan fingerprint density at radius 2 is 1.92 bits per heavy atom. The predicted molar refractivity (Wildman–Crippen MR) is 98.0 cm³/mol. The van der Waals surface area contributed by atoms with E-state index in [9.17, 15) is 9.59 Å². The highest BCUT2D eigenvalue weighted by Crippen LogP contribution is 2.31. The summed E-state index contributed by atoms with van der Waals surface area (Å²) in [5.74, 6) is -0.867. The third kappa shape index (κ3) is 3.71. The zero-order chi connectivity index (χ0) is 18.0. The molecule has 0 fully saturated rings. The SMILES string of the molecule is Cc1ccccc1-c1cc(=O)oc2cc(N[C@@H](C)CC(=O)O)ccc12. The maximum absolute atomic E-state index is 12.0. The fraction of sp³-hybridized carbons (Fsp3) is 0.200. The van der Waals surface area contributed by atoms with Crippen molar-refractivity contribution < 1.29 is 14.3 Å². The van der Waals surface area contributed by atoms with Crippen molar-refractivity contribution in [2.75, 3.05) is 5.32 Å². The Hall–Kier alpha value is -3.08. The van der Waals surface area contributed by atoms with Gasteiger partial charge in [-0.2, -0.15) is 0 Å². The molecule has 0 amide bonds. The van der Waals surface area contributed by atoms with Crippen LogP contribution in [0.5, 0.6) is 0 Å². The van der Waals surface area contributed by atoms with Gasteiger partial charge >= 0.3 is 11.6 Å². The van der Waals surface area contributed by atoms with Gasteiger partial charge in [0.1, 0.15) is 5.58 Å². The van der Waals surface area contributed by atoms with Gasteiger partial charge in [-0.05, 0) is 37.1 Å². The highest BCUT2D eigenvalue weighted by atomic mass is 16.4. The standard InChI is InChI=1S/C20H19NO4/c1-12-5-3-4-6-15(12)17-11-20(24)25-18-10-14(7-8-16(17)18)21-13(2)9-19(22)23/h3-8,10-11,13,21H,9H2,1-2H3,(H,22,23)/t13-/m0/s1. The lowest BCUT2D eigenvalue weighted by Gasteiger charge is -2.14. The van der Waals surface area contributed by atoms with E-state index in [0.717, 1.165) is 22.1 Å². The molecule has 0 aliphatic rings. The number of aryl methyl sites for hydroxylation is 1. The molecule has 0 bridgehead atoms. The van der Waals surface area contributed by atoms with Crippen LogP contribution in [0.1, 0.15) is 18.9 Å². The van der Waals surface area contributed by atoms with Gasteiger partial charge < -0.3 is 14.8 Å². The summed E-state index contributed by atoms with van der Waals surface area (Å²) in [7, 11) is 0. The van der Waals surface area contributed by atoms with Crippen LogP contribution in [0.3, 0.4) is 0 Å². The quantitative estimate of drug-likeness (QED) is 0.687. The minimum absolute atomic E-state index is 0.00519. The van der Waals surface area contributed by atoms with Crippen molar-refractivity contribution in [3.63, 3.8) is 0 Å². The second-order valence-corrected chi connectivity index (χ2v) is 6.15. The molecule has 0 radical (unpaired) electrons. The van der Waals surface area contributed by atoms with Crippen LogP contribution in [0.25, 0.3) is 22.1 Å². The average molecular weight is 337 g/mol. The first-order valence-corrected chi connectivity index (χ1v) is 8.06. The fourth-order valence-electron chi connectivity index (χ4n) is 2.95. The Balaban J connectivity index is 2.06. The predicted octanol–water partition coefficient (Wildman–Crippen LogP) is 4.04. The smallest absolute Gasteiger partial charge is 0.336 e. The van der Waals surface area contributed by atoms with Crippen LogP contribution in [-0.4, -0.2) is 17.1 Å². The average Bonchev–Trinajstić information content (AvgIpc) is 2.53. The first kappa shape index (κ1) is 16.8. The molecule has 5 nitrogen and oxygen atoms in total. The molecule has 1 atom stereocenters. The maximum atomic E-state index is 12.0. The topological polar surface area (TPSA) is 79.5 Å². The molecule has 0 aliphatic carbocycles. The Labute approximate surface area is 144 Å². The van der Waals surface area contributed by atoms with Crippen LogP contribution in [0.15, 0.2) is 57.7 Å². The molecular formula is C20H19NO4. The number of fused-ring (bicyclic) bond motifs is 1. The molecule has 5 heteroatoms. The van der Waals surface area contributed by atoms with Crippen molar-refractivity contribution >= 4 is 22.6 Å². The second-order valence-electron chi connectivity index (χ2n) is 6.15. The lowest BCUT2D eigenvalue weighted by atomic mass is 9.98. The van der Waals surface area contributed by atoms with E-state index >= 15 is 0 Å². The number of aliphatic carboxylic acids is 1. The van der Waals surface area contributed by atoms with Crippen molar-refractivity contribution in [3.8, 4) is 11.1 Å². The minimum Gasteiger partial charge on any atom is -0.481 e. The van der Waals surface area contributed by atoms with Crippen molar-refractivity contribution in [3.05, 3.63) is 64.5 Å². The summed E-state index contributed by atoms with van der Waals surface area (Å²) in [4.78, 5) is 22.8. The summed E-state index contributed by atoms with van der Waals surface area (Å²) in [6.45, 7) is 3.79. The van der Waals surface area contributed by atoms with Gasteiger partial charge in [-0.1, -0.05) is 24.3 Å². The Kier molecular flexibility index (Phi) is 4.57. The first-order valence-electron chi connectivity index (χ1n) is 8.06. The number of nitrogens with one attached hydrogen (secondary N) is 1.